The number of ether oxygens (including phenoxy) is 1. The molecular weight excluding hydrogens is 392 g/mol. The van der Waals surface area contributed by atoms with Crippen molar-refractivity contribution in [2.45, 2.75) is 20.4 Å². The molecule has 0 fully saturated rings. The van der Waals surface area contributed by atoms with Gasteiger partial charge in [-0.15, -0.1) is 0 Å². The lowest BCUT2D eigenvalue weighted by molar-refractivity contribution is 0.398. The standard InChI is InChI=1S/C23H22N6O2/c1-5-28-13-20(14(2)26-28)29-22-17-10-15(16-7-9-21(31-4)25-11-16)6-8-18(17)24-12-19(22)27(3)23(29)30/h6-13H,5H2,1-4H3. The Hall–Kier alpha value is -3.94. The zero-order valence-corrected chi connectivity index (χ0v) is 17.8. The van der Waals surface area contributed by atoms with Gasteiger partial charge >= 0.3 is 5.69 Å². The van der Waals surface area contributed by atoms with Crippen molar-refractivity contribution in [3.8, 4) is 22.7 Å². The smallest absolute Gasteiger partial charge is 0.333 e. The van der Waals surface area contributed by atoms with Gasteiger partial charge in [-0.25, -0.2) is 9.78 Å². The lowest BCUT2D eigenvalue weighted by Gasteiger charge is -2.08. The van der Waals surface area contributed by atoms with Gasteiger partial charge in [0.05, 0.1) is 41.2 Å². The summed E-state index contributed by atoms with van der Waals surface area (Å²) in [6.45, 7) is 4.68. The topological polar surface area (TPSA) is 79.8 Å². The molecule has 0 spiro atoms. The highest BCUT2D eigenvalue weighted by molar-refractivity contribution is 6.04. The minimum atomic E-state index is -0.125. The summed E-state index contributed by atoms with van der Waals surface area (Å²) < 4.78 is 10.4. The van der Waals surface area contributed by atoms with Crippen molar-refractivity contribution < 1.29 is 4.74 Å². The van der Waals surface area contributed by atoms with Gasteiger partial charge in [0.15, 0.2) is 0 Å². The molecule has 8 nitrogen and oxygen atoms in total. The second kappa shape index (κ2) is 7.09. The van der Waals surface area contributed by atoms with Gasteiger partial charge in [0.25, 0.3) is 0 Å². The number of imidazole rings is 1. The number of fused-ring (bicyclic) bond motifs is 3. The van der Waals surface area contributed by atoms with E-state index in [2.05, 4.69) is 21.1 Å². The summed E-state index contributed by atoms with van der Waals surface area (Å²) in [6.07, 6.45) is 5.45. The summed E-state index contributed by atoms with van der Waals surface area (Å²) in [7, 11) is 3.36. The Balaban J connectivity index is 1.83. The Bertz CT molecular complexity index is 1490. The van der Waals surface area contributed by atoms with Crippen LogP contribution < -0.4 is 10.4 Å². The number of hydrogen-bond acceptors (Lipinski definition) is 5. The van der Waals surface area contributed by atoms with Gasteiger partial charge in [-0.3, -0.25) is 18.8 Å². The summed E-state index contributed by atoms with van der Waals surface area (Å²) in [5, 5.41) is 5.43. The Kier molecular flexibility index (Phi) is 4.35. The first-order valence-electron chi connectivity index (χ1n) is 10.1. The van der Waals surface area contributed by atoms with Crippen molar-refractivity contribution in [3.63, 3.8) is 0 Å². The molecule has 0 atom stereocenters. The molecule has 0 bridgehead atoms. The third-order valence-corrected chi connectivity index (χ3v) is 5.65. The molecular formula is C23H22N6O2. The molecule has 8 heteroatoms. The minimum absolute atomic E-state index is 0.125. The predicted octanol–water partition coefficient (Wildman–Crippen LogP) is 3.47. The van der Waals surface area contributed by atoms with E-state index in [1.807, 2.05) is 49.0 Å². The van der Waals surface area contributed by atoms with Gasteiger partial charge < -0.3 is 4.74 Å². The van der Waals surface area contributed by atoms with Crippen molar-refractivity contribution in [1.82, 2.24) is 28.9 Å². The lowest BCUT2D eigenvalue weighted by Crippen LogP contribution is -2.21. The van der Waals surface area contributed by atoms with Gasteiger partial charge in [0, 0.05) is 43.0 Å². The molecule has 0 aliphatic rings. The first kappa shape index (κ1) is 19.0. The SMILES string of the molecule is CCn1cc(-n2c(=O)n(C)c3cnc4ccc(-c5ccc(OC)nc5)cc4c32)c(C)n1. The van der Waals surface area contributed by atoms with E-state index in [0.717, 1.165) is 51.0 Å². The number of pyridine rings is 2. The molecule has 4 heterocycles. The van der Waals surface area contributed by atoms with E-state index < -0.39 is 0 Å². The Labute approximate surface area is 178 Å². The van der Waals surface area contributed by atoms with Crippen LogP contribution in [0.5, 0.6) is 5.88 Å². The number of benzene rings is 1. The van der Waals surface area contributed by atoms with E-state index in [9.17, 15) is 4.79 Å². The molecule has 0 saturated carbocycles. The fourth-order valence-corrected chi connectivity index (χ4v) is 3.96. The third kappa shape index (κ3) is 2.91. The fraction of sp³-hybridized carbons (Fsp3) is 0.217. The number of nitrogens with zero attached hydrogens (tertiary/aromatic N) is 6. The molecule has 0 N–H and O–H groups in total. The van der Waals surface area contributed by atoms with Gasteiger partial charge in [-0.05, 0) is 37.6 Å². The van der Waals surface area contributed by atoms with Crippen LogP contribution in [0.1, 0.15) is 12.6 Å². The molecule has 5 aromatic rings. The molecule has 0 radical (unpaired) electrons. The summed E-state index contributed by atoms with van der Waals surface area (Å²) in [6, 6.07) is 9.84. The molecule has 0 amide bonds. The van der Waals surface area contributed by atoms with Crippen LogP contribution >= 0.6 is 0 Å². The predicted molar refractivity (Wildman–Crippen MR) is 120 cm³/mol. The molecule has 0 aliphatic heterocycles. The Morgan fingerprint density at radius 1 is 1.06 bits per heavy atom. The maximum absolute atomic E-state index is 13.2. The Morgan fingerprint density at radius 2 is 1.87 bits per heavy atom. The fourth-order valence-electron chi connectivity index (χ4n) is 3.96. The van der Waals surface area contributed by atoms with E-state index in [0.29, 0.717) is 5.88 Å². The van der Waals surface area contributed by atoms with Gasteiger partial charge in [0.1, 0.15) is 0 Å². The summed E-state index contributed by atoms with van der Waals surface area (Å²) in [5.41, 5.74) is 5.81. The van der Waals surface area contributed by atoms with Crippen LogP contribution in [0.4, 0.5) is 0 Å². The van der Waals surface area contributed by atoms with Gasteiger partial charge in [0.2, 0.25) is 5.88 Å². The highest BCUT2D eigenvalue weighted by Gasteiger charge is 2.19. The normalized spacial score (nSPS) is 11.5. The highest BCUT2D eigenvalue weighted by Crippen LogP contribution is 2.30. The summed E-state index contributed by atoms with van der Waals surface area (Å²) >= 11 is 0. The number of aryl methyl sites for hydroxylation is 3. The van der Waals surface area contributed by atoms with Crippen molar-refractivity contribution in [3.05, 3.63) is 65.1 Å². The van der Waals surface area contributed by atoms with Crippen LogP contribution in [0.2, 0.25) is 0 Å². The van der Waals surface area contributed by atoms with Crippen LogP contribution in [0.15, 0.2) is 53.7 Å². The molecule has 0 saturated heterocycles. The molecule has 31 heavy (non-hydrogen) atoms. The highest BCUT2D eigenvalue weighted by atomic mass is 16.5. The molecule has 5 rings (SSSR count). The van der Waals surface area contributed by atoms with E-state index >= 15 is 0 Å². The number of aromatic nitrogens is 6. The van der Waals surface area contributed by atoms with Crippen LogP contribution in [-0.4, -0.2) is 36.0 Å². The van der Waals surface area contributed by atoms with Crippen LogP contribution in [-0.2, 0) is 13.6 Å². The maximum Gasteiger partial charge on any atom is 0.333 e. The largest absolute Gasteiger partial charge is 0.481 e. The zero-order chi connectivity index (χ0) is 21.7. The number of rotatable bonds is 4. The van der Waals surface area contributed by atoms with Crippen molar-refractivity contribution >= 4 is 21.9 Å². The van der Waals surface area contributed by atoms with E-state index in [1.54, 1.807) is 35.7 Å². The Morgan fingerprint density at radius 3 is 2.55 bits per heavy atom. The molecule has 4 aromatic heterocycles. The first-order valence-corrected chi connectivity index (χ1v) is 10.1. The average molecular weight is 414 g/mol. The van der Waals surface area contributed by atoms with E-state index in [-0.39, 0.29) is 5.69 Å². The summed E-state index contributed by atoms with van der Waals surface area (Å²) in [5.74, 6) is 0.564. The monoisotopic (exact) mass is 414 g/mol. The van der Waals surface area contributed by atoms with E-state index in [4.69, 9.17) is 4.74 Å². The maximum atomic E-state index is 13.2. The molecule has 156 valence electrons. The average Bonchev–Trinajstić information content (AvgIpc) is 3.30. The molecule has 0 unspecified atom stereocenters. The lowest BCUT2D eigenvalue weighted by atomic mass is 10.0. The summed E-state index contributed by atoms with van der Waals surface area (Å²) in [4.78, 5) is 22.2. The number of methoxy groups -OCH3 is 1. The van der Waals surface area contributed by atoms with Crippen molar-refractivity contribution in [2.24, 2.45) is 7.05 Å². The second-order valence-corrected chi connectivity index (χ2v) is 7.45. The number of hydrogen-bond donors (Lipinski definition) is 0. The van der Waals surface area contributed by atoms with Crippen LogP contribution in [0, 0.1) is 6.92 Å². The molecule has 0 aliphatic carbocycles. The van der Waals surface area contributed by atoms with Gasteiger partial charge in [-0.1, -0.05) is 6.07 Å². The minimum Gasteiger partial charge on any atom is -0.481 e. The van der Waals surface area contributed by atoms with Gasteiger partial charge in [-0.2, -0.15) is 5.10 Å². The van der Waals surface area contributed by atoms with Crippen molar-refractivity contribution in [2.75, 3.05) is 7.11 Å². The quantitative estimate of drug-likeness (QED) is 0.450. The first-order chi connectivity index (χ1) is 15.0. The third-order valence-electron chi connectivity index (χ3n) is 5.65. The molecule has 1 aromatic carbocycles. The van der Waals surface area contributed by atoms with E-state index in [1.165, 1.54) is 0 Å². The van der Waals surface area contributed by atoms with Crippen molar-refractivity contribution in [1.29, 1.82) is 0 Å². The van der Waals surface area contributed by atoms with Crippen LogP contribution in [0.3, 0.4) is 0 Å². The van der Waals surface area contributed by atoms with Crippen LogP contribution in [0.25, 0.3) is 38.8 Å². The second-order valence-electron chi connectivity index (χ2n) is 7.45. The zero-order valence-electron chi connectivity index (χ0n) is 17.8.